The molecule has 7 nitrogen and oxygen atoms in total. The summed E-state index contributed by atoms with van der Waals surface area (Å²) in [6.07, 6.45) is 3.41. The highest BCUT2D eigenvalue weighted by atomic mass is 16.7. The van der Waals surface area contributed by atoms with Crippen molar-refractivity contribution in [3.63, 3.8) is 0 Å². The molecule has 1 aliphatic rings. The lowest BCUT2D eigenvalue weighted by atomic mass is 10.2. The molecule has 1 unspecified atom stereocenters. The quantitative estimate of drug-likeness (QED) is 0.239. The van der Waals surface area contributed by atoms with Gasteiger partial charge in [0.2, 0.25) is 0 Å². The van der Waals surface area contributed by atoms with Gasteiger partial charge in [-0.1, -0.05) is 38.7 Å². The molecule has 0 N–H and O–H groups in total. The minimum Gasteiger partial charge on any atom is -0.379 e. The Morgan fingerprint density at radius 1 is 1.27 bits per heavy atom. The van der Waals surface area contributed by atoms with Crippen molar-refractivity contribution in [3.8, 4) is 0 Å². The van der Waals surface area contributed by atoms with Gasteiger partial charge < -0.3 is 18.9 Å². The highest BCUT2D eigenvalue weighted by molar-refractivity contribution is 4.79. The first kappa shape index (κ1) is 19.2. The number of ether oxygens (including phenoxy) is 4. The van der Waals surface area contributed by atoms with E-state index in [4.69, 9.17) is 24.5 Å². The molecule has 4 atom stereocenters. The smallest absolute Gasteiger partial charge is 0.166 e. The minimum atomic E-state index is -0.506. The Morgan fingerprint density at radius 2 is 2.00 bits per heavy atom. The summed E-state index contributed by atoms with van der Waals surface area (Å²) in [5.41, 5.74) is 8.48. The Kier molecular flexibility index (Phi) is 10.2. The molecule has 1 heterocycles. The van der Waals surface area contributed by atoms with Crippen LogP contribution in [0, 0.1) is 0 Å². The van der Waals surface area contributed by atoms with E-state index >= 15 is 0 Å². The maximum Gasteiger partial charge on any atom is 0.166 e. The van der Waals surface area contributed by atoms with Gasteiger partial charge in [0, 0.05) is 18.1 Å². The molecular weight excluding hydrogens is 286 g/mol. The maximum absolute atomic E-state index is 8.48. The summed E-state index contributed by atoms with van der Waals surface area (Å²) in [5, 5.41) is 3.62. The molecule has 1 rings (SSSR count). The van der Waals surface area contributed by atoms with E-state index in [0.717, 1.165) is 32.3 Å². The van der Waals surface area contributed by atoms with E-state index in [2.05, 4.69) is 23.9 Å². The highest BCUT2D eigenvalue weighted by Gasteiger charge is 2.35. The van der Waals surface area contributed by atoms with Crippen LogP contribution in [0.1, 0.15) is 46.5 Å². The van der Waals surface area contributed by atoms with Gasteiger partial charge in [0.1, 0.15) is 12.2 Å². The van der Waals surface area contributed by atoms with Crippen molar-refractivity contribution in [2.24, 2.45) is 5.11 Å². The number of hydrogen-bond acceptors (Lipinski definition) is 5. The second-order valence-electron chi connectivity index (χ2n) is 5.51. The maximum atomic E-state index is 8.48. The Hall–Kier alpha value is -0.850. The van der Waals surface area contributed by atoms with Gasteiger partial charge >= 0.3 is 0 Å². The van der Waals surface area contributed by atoms with Gasteiger partial charge in [0.15, 0.2) is 6.29 Å². The second kappa shape index (κ2) is 11.7. The van der Waals surface area contributed by atoms with Crippen LogP contribution in [0.2, 0.25) is 0 Å². The summed E-state index contributed by atoms with van der Waals surface area (Å²) in [6.45, 7) is 8.39. The summed E-state index contributed by atoms with van der Waals surface area (Å²) in [6, 6.07) is -0.354. The first-order chi connectivity index (χ1) is 10.7. The van der Waals surface area contributed by atoms with E-state index < -0.39 is 6.29 Å². The molecule has 0 aromatic heterocycles. The van der Waals surface area contributed by atoms with Crippen LogP contribution in [0.3, 0.4) is 0 Å². The molecule has 0 aromatic rings. The standard InChI is InChI=1S/C15H29N3O4/c1-4-6-8-19-10-13(20-9-7-5-2)14-11-21-15(22-14)12(3)17-18-16/h12-15H,4-11H2,1-3H3/t12-,13-,14?,15+/m0/s1. The molecular formula is C15H29N3O4. The summed E-state index contributed by atoms with van der Waals surface area (Å²) < 4.78 is 23.0. The summed E-state index contributed by atoms with van der Waals surface area (Å²) in [7, 11) is 0. The number of azide groups is 1. The third-order valence-electron chi connectivity index (χ3n) is 3.53. The SMILES string of the molecule is CCCCOC[C@H](OCCCC)C1CO[C@@H]([C@H](C)N=[N+]=[N-])O1. The molecule has 1 saturated heterocycles. The average molecular weight is 315 g/mol. The Morgan fingerprint density at radius 3 is 2.68 bits per heavy atom. The minimum absolute atomic E-state index is 0.147. The van der Waals surface area contributed by atoms with Crippen LogP contribution in [-0.2, 0) is 18.9 Å². The van der Waals surface area contributed by atoms with Gasteiger partial charge in [-0.3, -0.25) is 0 Å². The third-order valence-corrected chi connectivity index (χ3v) is 3.53. The van der Waals surface area contributed by atoms with E-state index in [0.29, 0.717) is 19.8 Å². The van der Waals surface area contributed by atoms with Gasteiger partial charge in [0.25, 0.3) is 0 Å². The first-order valence-corrected chi connectivity index (χ1v) is 8.23. The predicted octanol–water partition coefficient (Wildman–Crippen LogP) is 3.43. The van der Waals surface area contributed by atoms with Crippen molar-refractivity contribution in [2.45, 2.75) is 71.0 Å². The van der Waals surface area contributed by atoms with Crippen LogP contribution in [-0.4, -0.2) is 51.0 Å². The lowest BCUT2D eigenvalue weighted by Crippen LogP contribution is -2.36. The molecule has 0 amide bonds. The number of hydrogen-bond donors (Lipinski definition) is 0. The second-order valence-corrected chi connectivity index (χ2v) is 5.51. The third kappa shape index (κ3) is 6.94. The van der Waals surface area contributed by atoms with Crippen LogP contribution in [0.15, 0.2) is 5.11 Å². The zero-order valence-corrected chi connectivity index (χ0v) is 13.9. The topological polar surface area (TPSA) is 85.7 Å². The van der Waals surface area contributed by atoms with Gasteiger partial charge in [-0.15, -0.1) is 0 Å². The van der Waals surface area contributed by atoms with Gasteiger partial charge in [-0.25, -0.2) is 0 Å². The molecule has 0 aliphatic carbocycles. The number of nitrogens with zero attached hydrogens (tertiary/aromatic N) is 3. The summed E-state index contributed by atoms with van der Waals surface area (Å²) >= 11 is 0. The number of rotatable bonds is 12. The summed E-state index contributed by atoms with van der Waals surface area (Å²) in [4.78, 5) is 2.79. The Balaban J connectivity index is 2.45. The largest absolute Gasteiger partial charge is 0.379 e. The molecule has 128 valence electrons. The molecule has 0 bridgehead atoms. The van der Waals surface area contributed by atoms with Crippen molar-refractivity contribution in [1.29, 1.82) is 0 Å². The molecule has 1 aliphatic heterocycles. The van der Waals surface area contributed by atoms with E-state index in [-0.39, 0.29) is 18.2 Å². The van der Waals surface area contributed by atoms with E-state index in [1.165, 1.54) is 0 Å². The Labute approximate surface area is 132 Å². The van der Waals surface area contributed by atoms with Crippen LogP contribution in [0.25, 0.3) is 10.4 Å². The zero-order valence-electron chi connectivity index (χ0n) is 13.9. The normalized spacial score (nSPS) is 24.0. The van der Waals surface area contributed by atoms with Crippen LogP contribution in [0.5, 0.6) is 0 Å². The fraction of sp³-hybridized carbons (Fsp3) is 1.00. The van der Waals surface area contributed by atoms with Gasteiger partial charge in [-0.05, 0) is 18.4 Å². The highest BCUT2D eigenvalue weighted by Crippen LogP contribution is 2.21. The molecule has 0 spiro atoms. The molecule has 0 aromatic carbocycles. The van der Waals surface area contributed by atoms with Crippen LogP contribution in [0.4, 0.5) is 0 Å². The van der Waals surface area contributed by atoms with E-state index in [1.807, 2.05) is 0 Å². The van der Waals surface area contributed by atoms with Crippen LogP contribution >= 0.6 is 0 Å². The fourth-order valence-electron chi connectivity index (χ4n) is 2.11. The predicted molar refractivity (Wildman–Crippen MR) is 83.6 cm³/mol. The van der Waals surface area contributed by atoms with Gasteiger partial charge in [0.05, 0.1) is 19.3 Å². The van der Waals surface area contributed by atoms with Crippen molar-refractivity contribution >= 4 is 0 Å². The average Bonchev–Trinajstić information content (AvgIpc) is 3.00. The van der Waals surface area contributed by atoms with Gasteiger partial charge in [-0.2, -0.15) is 0 Å². The molecule has 0 saturated carbocycles. The first-order valence-electron chi connectivity index (χ1n) is 8.23. The fourth-order valence-corrected chi connectivity index (χ4v) is 2.11. The van der Waals surface area contributed by atoms with Crippen molar-refractivity contribution in [3.05, 3.63) is 10.4 Å². The Bertz CT molecular complexity index is 337. The molecule has 0 radical (unpaired) electrons. The molecule has 7 heteroatoms. The van der Waals surface area contributed by atoms with Crippen molar-refractivity contribution in [1.82, 2.24) is 0 Å². The monoisotopic (exact) mass is 315 g/mol. The summed E-state index contributed by atoms with van der Waals surface area (Å²) in [5.74, 6) is 0. The zero-order chi connectivity index (χ0) is 16.2. The van der Waals surface area contributed by atoms with Crippen molar-refractivity contribution in [2.75, 3.05) is 26.4 Å². The van der Waals surface area contributed by atoms with Crippen LogP contribution < -0.4 is 0 Å². The molecule has 1 fully saturated rings. The lowest BCUT2D eigenvalue weighted by Gasteiger charge is -2.23. The molecule has 22 heavy (non-hydrogen) atoms. The van der Waals surface area contributed by atoms with E-state index in [1.54, 1.807) is 6.92 Å². The number of unbranched alkanes of at least 4 members (excludes halogenated alkanes) is 2. The van der Waals surface area contributed by atoms with Crippen molar-refractivity contribution < 1.29 is 18.9 Å². The lowest BCUT2D eigenvalue weighted by molar-refractivity contribution is -0.119. The van der Waals surface area contributed by atoms with E-state index in [9.17, 15) is 0 Å².